The second-order valence-electron chi connectivity index (χ2n) is 4.45. The zero-order valence-corrected chi connectivity index (χ0v) is 11.3. The number of nitrogens with zero attached hydrogens (tertiary/aromatic N) is 3. The van der Waals surface area contributed by atoms with Crippen LogP contribution in [0.5, 0.6) is 0 Å². The predicted octanol–water partition coefficient (Wildman–Crippen LogP) is 1.69. The molecule has 1 aromatic rings. The van der Waals surface area contributed by atoms with Gasteiger partial charge in [0.05, 0.1) is 0 Å². The molecule has 1 heterocycles. The zero-order chi connectivity index (χ0) is 12.4. The molecule has 1 aliphatic rings. The van der Waals surface area contributed by atoms with E-state index >= 15 is 0 Å². The summed E-state index contributed by atoms with van der Waals surface area (Å²) < 4.78 is 4.30. The van der Waals surface area contributed by atoms with Crippen LogP contribution in [0.1, 0.15) is 38.4 Å². The van der Waals surface area contributed by atoms with Crippen molar-refractivity contribution in [2.45, 2.75) is 38.6 Å². The fraction of sp³-hybridized carbons (Fsp3) is 0.727. The molecule has 1 N–H and O–H groups in total. The lowest BCUT2D eigenvalue weighted by Crippen LogP contribution is -2.38. The Balaban J connectivity index is 1.92. The Bertz CT molecular complexity index is 402. The molecule has 0 spiro atoms. The van der Waals surface area contributed by atoms with Gasteiger partial charge in [-0.2, -0.15) is 4.37 Å². The first-order valence-corrected chi connectivity index (χ1v) is 6.74. The van der Waals surface area contributed by atoms with E-state index in [1.54, 1.807) is 11.9 Å². The topological polar surface area (TPSA) is 58.1 Å². The number of rotatable bonds is 5. The van der Waals surface area contributed by atoms with Crippen molar-refractivity contribution in [2.75, 3.05) is 18.9 Å². The van der Waals surface area contributed by atoms with Gasteiger partial charge in [-0.1, -0.05) is 0 Å². The normalized spacial score (nSPS) is 16.6. The molecule has 5 nitrogen and oxygen atoms in total. The van der Waals surface area contributed by atoms with Gasteiger partial charge in [0.15, 0.2) is 0 Å². The van der Waals surface area contributed by atoms with Crippen molar-refractivity contribution in [3.8, 4) is 0 Å². The summed E-state index contributed by atoms with van der Waals surface area (Å²) in [6.07, 6.45) is 2.40. The molecular weight excluding hydrogens is 236 g/mol. The fourth-order valence-electron chi connectivity index (χ4n) is 1.53. The molecule has 2 rings (SSSR count). The van der Waals surface area contributed by atoms with Crippen LogP contribution in [0, 0.1) is 0 Å². The van der Waals surface area contributed by atoms with E-state index in [0.29, 0.717) is 12.5 Å². The lowest BCUT2D eigenvalue weighted by atomic mass is 10.3. The molecule has 1 aromatic heterocycles. The number of hydrogen-bond acceptors (Lipinski definition) is 5. The Morgan fingerprint density at radius 1 is 1.65 bits per heavy atom. The van der Waals surface area contributed by atoms with Gasteiger partial charge < -0.3 is 10.2 Å². The Kier molecular flexibility index (Phi) is 3.61. The van der Waals surface area contributed by atoms with Gasteiger partial charge in [0.25, 0.3) is 0 Å². The maximum atomic E-state index is 11.9. The first-order valence-electron chi connectivity index (χ1n) is 5.97. The summed E-state index contributed by atoms with van der Waals surface area (Å²) in [6, 6.07) is -0.250. The second-order valence-corrected chi connectivity index (χ2v) is 5.20. The molecule has 1 fully saturated rings. The van der Waals surface area contributed by atoms with Gasteiger partial charge in [-0.15, -0.1) is 0 Å². The molecule has 1 aliphatic carbocycles. The lowest BCUT2D eigenvalue weighted by molar-refractivity contribution is -0.130. The summed E-state index contributed by atoms with van der Waals surface area (Å²) in [5.74, 6) is 1.57. The molecule has 0 bridgehead atoms. The van der Waals surface area contributed by atoms with E-state index in [1.807, 2.05) is 13.8 Å². The molecule has 1 unspecified atom stereocenters. The van der Waals surface area contributed by atoms with Crippen molar-refractivity contribution in [3.05, 3.63) is 5.82 Å². The summed E-state index contributed by atoms with van der Waals surface area (Å²) in [4.78, 5) is 18.0. The molecular formula is C11H18N4OS. The van der Waals surface area contributed by atoms with Gasteiger partial charge in [-0.25, -0.2) is 4.98 Å². The average molecular weight is 254 g/mol. The minimum absolute atomic E-state index is 0.0793. The average Bonchev–Trinajstić information content (AvgIpc) is 3.08. The molecule has 0 aromatic carbocycles. The molecule has 17 heavy (non-hydrogen) atoms. The van der Waals surface area contributed by atoms with E-state index in [9.17, 15) is 4.79 Å². The summed E-state index contributed by atoms with van der Waals surface area (Å²) in [6.45, 7) is 4.53. The van der Waals surface area contributed by atoms with Crippen molar-refractivity contribution in [3.63, 3.8) is 0 Å². The van der Waals surface area contributed by atoms with Crippen LogP contribution in [0.3, 0.4) is 0 Å². The summed E-state index contributed by atoms with van der Waals surface area (Å²) >= 11 is 1.34. The van der Waals surface area contributed by atoms with Gasteiger partial charge in [-0.05, 0) is 26.7 Å². The third-order valence-electron chi connectivity index (χ3n) is 2.95. The fourth-order valence-corrected chi connectivity index (χ4v) is 2.27. The van der Waals surface area contributed by atoms with E-state index in [2.05, 4.69) is 14.7 Å². The highest BCUT2D eigenvalue weighted by molar-refractivity contribution is 7.09. The number of amides is 1. The van der Waals surface area contributed by atoms with Gasteiger partial charge in [0.2, 0.25) is 11.0 Å². The smallest absolute Gasteiger partial charge is 0.244 e. The van der Waals surface area contributed by atoms with E-state index in [1.165, 1.54) is 24.4 Å². The number of nitrogens with one attached hydrogen (secondary N) is 1. The number of carbonyl (C=O) groups is 1. The van der Waals surface area contributed by atoms with Crippen molar-refractivity contribution in [1.29, 1.82) is 0 Å². The number of likely N-dealkylation sites (N-methyl/N-ethyl adjacent to an activating group) is 1. The minimum Gasteiger partial charge on any atom is -0.349 e. The van der Waals surface area contributed by atoms with Gasteiger partial charge in [-0.3, -0.25) is 4.79 Å². The molecule has 6 heteroatoms. The third-order valence-corrected chi connectivity index (χ3v) is 3.61. The summed E-state index contributed by atoms with van der Waals surface area (Å²) in [5, 5.41) is 3.86. The highest BCUT2D eigenvalue weighted by Crippen LogP contribution is 2.39. The van der Waals surface area contributed by atoms with Crippen LogP contribution in [0.15, 0.2) is 0 Å². The zero-order valence-electron chi connectivity index (χ0n) is 10.4. The van der Waals surface area contributed by atoms with E-state index in [-0.39, 0.29) is 11.9 Å². The van der Waals surface area contributed by atoms with Crippen LogP contribution in [-0.2, 0) is 4.79 Å². The van der Waals surface area contributed by atoms with Crippen molar-refractivity contribution in [2.24, 2.45) is 0 Å². The van der Waals surface area contributed by atoms with Crippen molar-refractivity contribution < 1.29 is 4.79 Å². The van der Waals surface area contributed by atoms with Crippen LogP contribution in [0.25, 0.3) is 0 Å². The quantitative estimate of drug-likeness (QED) is 0.868. The van der Waals surface area contributed by atoms with Crippen molar-refractivity contribution >= 4 is 22.6 Å². The second kappa shape index (κ2) is 5.00. The standard InChI is InChI=1S/C11H18N4OS/c1-4-15(3)10(16)7(2)12-11-13-9(14-17-11)8-5-6-8/h7-8H,4-6H2,1-3H3,(H,12,13,14). The molecule has 0 radical (unpaired) electrons. The molecule has 1 atom stereocenters. The van der Waals surface area contributed by atoms with Crippen molar-refractivity contribution in [1.82, 2.24) is 14.3 Å². The third kappa shape index (κ3) is 2.94. The number of carbonyl (C=O) groups excluding carboxylic acids is 1. The van der Waals surface area contributed by atoms with Crippen LogP contribution in [-0.4, -0.2) is 39.8 Å². The Morgan fingerprint density at radius 2 is 2.35 bits per heavy atom. The minimum atomic E-state index is -0.250. The number of hydrogen-bond donors (Lipinski definition) is 1. The van der Waals surface area contributed by atoms with Gasteiger partial charge >= 0.3 is 0 Å². The van der Waals surface area contributed by atoms with E-state index in [0.717, 1.165) is 11.0 Å². The van der Waals surface area contributed by atoms with Crippen LogP contribution < -0.4 is 5.32 Å². The molecule has 1 amide bonds. The van der Waals surface area contributed by atoms with Crippen LogP contribution >= 0.6 is 11.5 Å². The maximum Gasteiger partial charge on any atom is 0.244 e. The number of anilines is 1. The summed E-state index contributed by atoms with van der Waals surface area (Å²) in [7, 11) is 1.80. The molecule has 1 saturated carbocycles. The Labute approximate surface area is 105 Å². The predicted molar refractivity (Wildman–Crippen MR) is 68.3 cm³/mol. The van der Waals surface area contributed by atoms with Crippen LogP contribution in [0.2, 0.25) is 0 Å². The highest BCUT2D eigenvalue weighted by Gasteiger charge is 2.28. The molecule has 0 aliphatic heterocycles. The van der Waals surface area contributed by atoms with Gasteiger partial charge in [0.1, 0.15) is 11.9 Å². The largest absolute Gasteiger partial charge is 0.349 e. The number of aromatic nitrogens is 2. The molecule has 0 saturated heterocycles. The van der Waals surface area contributed by atoms with Gasteiger partial charge in [0, 0.05) is 31.0 Å². The Hall–Kier alpha value is -1.17. The monoisotopic (exact) mass is 254 g/mol. The summed E-state index contributed by atoms with van der Waals surface area (Å²) in [5.41, 5.74) is 0. The van der Waals surface area contributed by atoms with E-state index < -0.39 is 0 Å². The van der Waals surface area contributed by atoms with Crippen LogP contribution in [0.4, 0.5) is 5.13 Å². The maximum absolute atomic E-state index is 11.9. The SMILES string of the molecule is CCN(C)C(=O)C(C)Nc1nc(C2CC2)ns1. The lowest BCUT2D eigenvalue weighted by Gasteiger charge is -2.19. The van der Waals surface area contributed by atoms with E-state index in [4.69, 9.17) is 0 Å². The molecule has 94 valence electrons. The first-order chi connectivity index (χ1) is 8.11. The highest BCUT2D eigenvalue weighted by atomic mass is 32.1. The Morgan fingerprint density at radius 3 is 2.94 bits per heavy atom. The first kappa shape index (κ1) is 12.3.